The van der Waals surface area contributed by atoms with E-state index in [2.05, 4.69) is 10.2 Å². The van der Waals surface area contributed by atoms with Crippen LogP contribution in [0.4, 0.5) is 4.79 Å². The number of aliphatic hydroxyl groups is 2. The molecule has 1 aromatic rings. The number of likely N-dealkylation sites (tertiary alicyclic amines) is 2. The van der Waals surface area contributed by atoms with Crippen molar-refractivity contribution < 1.29 is 15.0 Å². The van der Waals surface area contributed by atoms with Gasteiger partial charge in [-0.1, -0.05) is 36.8 Å². The van der Waals surface area contributed by atoms with Crippen molar-refractivity contribution in [3.8, 4) is 0 Å². The minimum atomic E-state index is -0.828. The van der Waals surface area contributed by atoms with Crippen molar-refractivity contribution >= 4 is 6.03 Å². The summed E-state index contributed by atoms with van der Waals surface area (Å²) >= 11 is 0. The number of carbonyl (C=O) groups is 1. The van der Waals surface area contributed by atoms with E-state index in [9.17, 15) is 15.0 Å². The number of nitrogens with one attached hydrogen (secondary N) is 1. The standard InChI is InChI=1S/C21H33N3O3/c25-17-19-9-4-5-13-23(19)14-6-12-22-20(26)24-15-10-21(27,11-16-24)18-7-2-1-3-8-18/h1-3,7-8,19,25,27H,4-6,9-17H2,(H,22,26). The summed E-state index contributed by atoms with van der Waals surface area (Å²) < 4.78 is 0. The Morgan fingerprint density at radius 2 is 1.89 bits per heavy atom. The third-order valence-electron chi connectivity index (χ3n) is 6.05. The zero-order valence-corrected chi connectivity index (χ0v) is 16.1. The van der Waals surface area contributed by atoms with E-state index in [1.807, 2.05) is 30.3 Å². The minimum Gasteiger partial charge on any atom is -0.395 e. The smallest absolute Gasteiger partial charge is 0.317 e. The third kappa shape index (κ3) is 5.21. The van der Waals surface area contributed by atoms with Gasteiger partial charge in [-0.05, 0) is 44.2 Å². The fourth-order valence-corrected chi connectivity index (χ4v) is 4.27. The Hall–Kier alpha value is -1.63. The van der Waals surface area contributed by atoms with Crippen molar-refractivity contribution in [1.82, 2.24) is 15.1 Å². The highest BCUT2D eigenvalue weighted by molar-refractivity contribution is 5.74. The second-order valence-corrected chi connectivity index (χ2v) is 7.84. The van der Waals surface area contributed by atoms with Crippen LogP contribution in [0.3, 0.4) is 0 Å². The third-order valence-corrected chi connectivity index (χ3v) is 6.05. The molecule has 2 saturated heterocycles. The molecule has 0 bridgehead atoms. The zero-order valence-electron chi connectivity index (χ0n) is 16.1. The Labute approximate surface area is 162 Å². The number of carbonyl (C=O) groups excluding carboxylic acids is 1. The van der Waals surface area contributed by atoms with Crippen molar-refractivity contribution in [2.24, 2.45) is 0 Å². The van der Waals surface area contributed by atoms with Crippen molar-refractivity contribution in [2.75, 3.05) is 39.3 Å². The lowest BCUT2D eigenvalue weighted by molar-refractivity contribution is -0.0168. The summed E-state index contributed by atoms with van der Waals surface area (Å²) in [6.45, 7) is 3.96. The Kier molecular flexibility index (Phi) is 7.10. The van der Waals surface area contributed by atoms with Gasteiger partial charge in [0.1, 0.15) is 0 Å². The first-order valence-corrected chi connectivity index (χ1v) is 10.3. The summed E-state index contributed by atoms with van der Waals surface area (Å²) in [5, 5.41) is 23.3. The quantitative estimate of drug-likeness (QED) is 0.664. The molecule has 3 N–H and O–H groups in total. The van der Waals surface area contributed by atoms with Crippen LogP contribution in [0, 0.1) is 0 Å². The fraction of sp³-hybridized carbons (Fsp3) is 0.667. The van der Waals surface area contributed by atoms with Gasteiger partial charge < -0.3 is 20.4 Å². The number of aliphatic hydroxyl groups excluding tert-OH is 1. The average molecular weight is 376 g/mol. The summed E-state index contributed by atoms with van der Waals surface area (Å²) in [5.41, 5.74) is 0.107. The normalized spacial score (nSPS) is 23.2. The number of nitrogens with zero attached hydrogens (tertiary/aromatic N) is 2. The lowest BCUT2D eigenvalue weighted by Crippen LogP contribution is -2.49. The van der Waals surface area contributed by atoms with E-state index in [1.54, 1.807) is 4.90 Å². The Balaban J connectivity index is 1.37. The molecular formula is C21H33N3O3. The van der Waals surface area contributed by atoms with Gasteiger partial charge in [0, 0.05) is 32.2 Å². The van der Waals surface area contributed by atoms with Crippen LogP contribution < -0.4 is 5.32 Å². The van der Waals surface area contributed by atoms with E-state index in [4.69, 9.17) is 0 Å². The van der Waals surface area contributed by atoms with E-state index in [0.717, 1.165) is 31.5 Å². The van der Waals surface area contributed by atoms with Crippen molar-refractivity contribution in [1.29, 1.82) is 0 Å². The Morgan fingerprint density at radius 3 is 2.59 bits per heavy atom. The molecule has 27 heavy (non-hydrogen) atoms. The molecule has 1 aromatic carbocycles. The first-order chi connectivity index (χ1) is 13.1. The largest absolute Gasteiger partial charge is 0.395 e. The van der Waals surface area contributed by atoms with Crippen LogP contribution in [0.15, 0.2) is 30.3 Å². The predicted molar refractivity (Wildman–Crippen MR) is 105 cm³/mol. The molecule has 0 saturated carbocycles. The predicted octanol–water partition coefficient (Wildman–Crippen LogP) is 1.92. The van der Waals surface area contributed by atoms with E-state index in [-0.39, 0.29) is 18.7 Å². The van der Waals surface area contributed by atoms with Gasteiger partial charge in [-0.25, -0.2) is 4.79 Å². The van der Waals surface area contributed by atoms with E-state index >= 15 is 0 Å². The first kappa shape index (κ1) is 20.1. The van der Waals surface area contributed by atoms with Crippen LogP contribution in [0.5, 0.6) is 0 Å². The van der Waals surface area contributed by atoms with Crippen molar-refractivity contribution in [3.63, 3.8) is 0 Å². The molecule has 0 spiro atoms. The van der Waals surface area contributed by atoms with E-state index in [1.165, 1.54) is 12.8 Å². The van der Waals surface area contributed by atoms with Crippen LogP contribution >= 0.6 is 0 Å². The molecule has 2 heterocycles. The number of benzene rings is 1. The van der Waals surface area contributed by atoms with Gasteiger partial charge in [-0.3, -0.25) is 4.90 Å². The number of rotatable bonds is 6. The van der Waals surface area contributed by atoms with Crippen LogP contribution in [0.1, 0.15) is 44.1 Å². The molecule has 1 unspecified atom stereocenters. The monoisotopic (exact) mass is 375 g/mol. The molecule has 0 radical (unpaired) electrons. The molecule has 1 atom stereocenters. The molecule has 2 aliphatic heterocycles. The molecule has 150 valence electrons. The summed E-state index contributed by atoms with van der Waals surface area (Å²) in [6.07, 6.45) is 5.49. The Morgan fingerprint density at radius 1 is 1.15 bits per heavy atom. The minimum absolute atomic E-state index is 0.0394. The van der Waals surface area contributed by atoms with E-state index < -0.39 is 5.60 Å². The number of piperidine rings is 2. The molecule has 6 nitrogen and oxygen atoms in total. The molecule has 0 aliphatic carbocycles. The lowest BCUT2D eigenvalue weighted by atomic mass is 9.84. The second kappa shape index (κ2) is 9.53. The summed E-state index contributed by atoms with van der Waals surface area (Å²) in [4.78, 5) is 16.5. The molecule has 0 aromatic heterocycles. The first-order valence-electron chi connectivity index (χ1n) is 10.3. The van der Waals surface area contributed by atoms with Gasteiger partial charge >= 0.3 is 6.03 Å². The molecular weight excluding hydrogens is 342 g/mol. The number of hydrogen-bond donors (Lipinski definition) is 3. The van der Waals surface area contributed by atoms with Gasteiger partial charge in [-0.2, -0.15) is 0 Å². The topological polar surface area (TPSA) is 76.0 Å². The SMILES string of the molecule is O=C(NCCCN1CCCCC1CO)N1CCC(O)(c2ccccc2)CC1. The highest BCUT2D eigenvalue weighted by Gasteiger charge is 2.35. The van der Waals surface area contributed by atoms with Gasteiger partial charge in [0.15, 0.2) is 0 Å². The molecule has 2 amide bonds. The summed E-state index contributed by atoms with van der Waals surface area (Å²) in [5.74, 6) is 0. The van der Waals surface area contributed by atoms with Crippen LogP contribution in [-0.2, 0) is 5.60 Å². The lowest BCUT2D eigenvalue weighted by Gasteiger charge is -2.38. The Bertz CT molecular complexity index is 588. The highest BCUT2D eigenvalue weighted by Crippen LogP contribution is 2.32. The van der Waals surface area contributed by atoms with Crippen LogP contribution in [-0.4, -0.2) is 71.4 Å². The molecule has 6 heteroatoms. The maximum atomic E-state index is 12.4. The fourth-order valence-electron chi connectivity index (χ4n) is 4.27. The average Bonchev–Trinajstić information content (AvgIpc) is 2.72. The van der Waals surface area contributed by atoms with Crippen molar-refractivity contribution in [2.45, 2.75) is 50.2 Å². The maximum Gasteiger partial charge on any atom is 0.317 e. The second-order valence-electron chi connectivity index (χ2n) is 7.84. The highest BCUT2D eigenvalue weighted by atomic mass is 16.3. The number of hydrogen-bond acceptors (Lipinski definition) is 4. The van der Waals surface area contributed by atoms with Gasteiger partial charge in [0.25, 0.3) is 0 Å². The zero-order chi connectivity index (χ0) is 19.1. The van der Waals surface area contributed by atoms with Crippen molar-refractivity contribution in [3.05, 3.63) is 35.9 Å². The molecule has 2 fully saturated rings. The summed E-state index contributed by atoms with van der Waals surface area (Å²) in [7, 11) is 0. The number of amides is 2. The van der Waals surface area contributed by atoms with E-state index in [0.29, 0.717) is 32.5 Å². The summed E-state index contributed by atoms with van der Waals surface area (Å²) in [6, 6.07) is 9.98. The van der Waals surface area contributed by atoms with Gasteiger partial charge in [0.2, 0.25) is 0 Å². The van der Waals surface area contributed by atoms with Gasteiger partial charge in [-0.15, -0.1) is 0 Å². The molecule has 2 aliphatic rings. The maximum absolute atomic E-state index is 12.4. The molecule has 3 rings (SSSR count). The van der Waals surface area contributed by atoms with Crippen LogP contribution in [0.25, 0.3) is 0 Å². The van der Waals surface area contributed by atoms with Gasteiger partial charge in [0.05, 0.1) is 12.2 Å². The van der Waals surface area contributed by atoms with Crippen LogP contribution in [0.2, 0.25) is 0 Å². The number of urea groups is 1.